The van der Waals surface area contributed by atoms with E-state index in [2.05, 4.69) is 15.0 Å². The molecule has 0 spiro atoms. The van der Waals surface area contributed by atoms with E-state index in [1.165, 1.54) is 69.3 Å². The average Bonchev–Trinajstić information content (AvgIpc) is 2.97. The van der Waals surface area contributed by atoms with Gasteiger partial charge >= 0.3 is 5.97 Å². The molecule has 3 unspecified atom stereocenters. The van der Waals surface area contributed by atoms with Gasteiger partial charge in [0, 0.05) is 18.2 Å². The lowest BCUT2D eigenvalue weighted by atomic mass is 10.1. The second-order valence-electron chi connectivity index (χ2n) is 9.48. The first-order valence-corrected chi connectivity index (χ1v) is 13.0. The third-order valence-corrected chi connectivity index (χ3v) is 6.08. The van der Waals surface area contributed by atoms with E-state index in [-0.39, 0.29) is 68.7 Å². The molecule has 0 aliphatic carbocycles. The Morgan fingerprint density at radius 2 is 1.05 bits per heavy atom. The molecule has 0 aliphatic heterocycles. The molecule has 0 radical (unpaired) electrons. The van der Waals surface area contributed by atoms with Crippen LogP contribution in [0.25, 0.3) is 34.2 Å². The molecule has 4 rings (SSSR count). The monoisotopic (exact) mass is 604 g/mol. The van der Waals surface area contributed by atoms with Crippen molar-refractivity contribution in [2.75, 3.05) is 0 Å². The zero-order chi connectivity index (χ0) is 32.1. The van der Waals surface area contributed by atoms with E-state index in [9.17, 15) is 34.8 Å². The van der Waals surface area contributed by atoms with Crippen molar-refractivity contribution < 1.29 is 54.1 Å². The van der Waals surface area contributed by atoms with Crippen molar-refractivity contribution in [2.24, 2.45) is 0 Å². The Balaban J connectivity index is 1.82. The van der Waals surface area contributed by atoms with E-state index in [0.717, 1.165) is 6.07 Å². The van der Waals surface area contributed by atoms with Gasteiger partial charge in [-0.2, -0.15) is 0 Å². The fourth-order valence-corrected chi connectivity index (χ4v) is 3.81. The predicted molar refractivity (Wildman–Crippen MR) is 150 cm³/mol. The van der Waals surface area contributed by atoms with Gasteiger partial charge in [0.15, 0.2) is 36.0 Å². The SMILES string of the molecule is CC(C=O)Oc1ccc(-c2nc(-c3ccc(OC(C)C(=O)[O-])cc3O)nc(-c3ccc(OC(C)C(=O)O)cc3O)n2)c(O)c1. The summed E-state index contributed by atoms with van der Waals surface area (Å²) < 4.78 is 16.0. The molecule has 0 saturated heterocycles. The highest BCUT2D eigenvalue weighted by atomic mass is 16.5. The molecular formula is C30H26N3O11-. The summed E-state index contributed by atoms with van der Waals surface area (Å²) >= 11 is 0. The van der Waals surface area contributed by atoms with Crippen LogP contribution in [0.2, 0.25) is 0 Å². The molecule has 1 aromatic heterocycles. The van der Waals surface area contributed by atoms with Gasteiger partial charge in [0.2, 0.25) is 0 Å². The molecule has 44 heavy (non-hydrogen) atoms. The molecule has 0 amide bonds. The Kier molecular flexibility index (Phi) is 9.12. The average molecular weight is 605 g/mol. The van der Waals surface area contributed by atoms with Gasteiger partial charge < -0.3 is 44.5 Å². The maximum absolute atomic E-state index is 11.2. The van der Waals surface area contributed by atoms with Gasteiger partial charge in [0.1, 0.15) is 40.6 Å². The molecular weight excluding hydrogens is 578 g/mol. The number of rotatable bonds is 12. The summed E-state index contributed by atoms with van der Waals surface area (Å²) in [6, 6.07) is 12.0. The third kappa shape index (κ3) is 7.10. The number of aldehydes is 1. The standard InChI is InChI=1S/C30H27N3O11/c1-14(13-34)42-17-4-7-20(23(35)10-17)26-31-27(21-8-5-18(11-24(21)36)43-15(2)29(38)39)33-28(32-26)22-9-6-19(12-25(22)37)44-16(3)30(40)41/h4-16,35-37H,1-3H3,(H,38,39)(H,40,41)/p-1. The van der Waals surface area contributed by atoms with Crippen molar-refractivity contribution in [3.05, 3.63) is 54.6 Å². The summed E-state index contributed by atoms with van der Waals surface area (Å²) in [5, 5.41) is 52.5. The van der Waals surface area contributed by atoms with Crippen molar-refractivity contribution in [2.45, 2.75) is 39.1 Å². The maximum atomic E-state index is 11.2. The number of ether oxygens (including phenoxy) is 3. The summed E-state index contributed by atoms with van der Waals surface area (Å²) in [6.45, 7) is 4.11. The number of benzene rings is 3. The number of carbonyl (C=O) groups is 3. The number of phenols is 3. The second kappa shape index (κ2) is 12.9. The Labute approximate surface area is 249 Å². The Bertz CT molecular complexity index is 1640. The first-order valence-electron chi connectivity index (χ1n) is 13.0. The summed E-state index contributed by atoms with van der Waals surface area (Å²) in [6.07, 6.45) is -2.67. The second-order valence-corrected chi connectivity index (χ2v) is 9.48. The van der Waals surface area contributed by atoms with Gasteiger partial charge in [-0.25, -0.2) is 19.7 Å². The Morgan fingerprint density at radius 1 is 0.682 bits per heavy atom. The van der Waals surface area contributed by atoms with Gasteiger partial charge in [-0.15, -0.1) is 0 Å². The molecule has 14 heteroatoms. The van der Waals surface area contributed by atoms with Crippen LogP contribution in [-0.4, -0.2) is 71.9 Å². The summed E-state index contributed by atoms with van der Waals surface area (Å²) in [5.74, 6) is -3.73. The first-order chi connectivity index (χ1) is 20.9. The molecule has 228 valence electrons. The predicted octanol–water partition coefficient (Wildman–Crippen LogP) is 2.32. The van der Waals surface area contributed by atoms with Crippen LogP contribution in [0.4, 0.5) is 0 Å². The lowest BCUT2D eigenvalue weighted by molar-refractivity contribution is -0.312. The van der Waals surface area contributed by atoms with E-state index in [1.807, 2.05) is 0 Å². The van der Waals surface area contributed by atoms with E-state index >= 15 is 0 Å². The molecule has 0 aliphatic rings. The van der Waals surface area contributed by atoms with Crippen LogP contribution in [0.5, 0.6) is 34.5 Å². The topological polar surface area (TPSA) is 222 Å². The van der Waals surface area contributed by atoms with Gasteiger partial charge in [0.25, 0.3) is 0 Å². The quantitative estimate of drug-likeness (QED) is 0.170. The minimum Gasteiger partial charge on any atom is -0.546 e. The molecule has 0 fully saturated rings. The zero-order valence-electron chi connectivity index (χ0n) is 23.5. The number of nitrogens with zero attached hydrogens (tertiary/aromatic N) is 3. The number of aromatic hydroxyl groups is 3. The molecule has 0 bridgehead atoms. The number of carbonyl (C=O) groups excluding carboxylic acids is 2. The smallest absolute Gasteiger partial charge is 0.344 e. The van der Waals surface area contributed by atoms with E-state index < -0.39 is 30.3 Å². The minimum absolute atomic E-state index is 0.0269. The normalized spacial score (nSPS) is 12.9. The molecule has 4 aromatic rings. The van der Waals surface area contributed by atoms with Gasteiger partial charge in [-0.3, -0.25) is 4.79 Å². The number of hydrogen-bond donors (Lipinski definition) is 4. The first kappa shape index (κ1) is 31.0. The number of phenolic OH excluding ortho intramolecular Hbond substituents is 3. The van der Waals surface area contributed by atoms with Crippen molar-refractivity contribution in [3.63, 3.8) is 0 Å². The van der Waals surface area contributed by atoms with Gasteiger partial charge in [-0.1, -0.05) is 0 Å². The maximum Gasteiger partial charge on any atom is 0.344 e. The van der Waals surface area contributed by atoms with Crippen LogP contribution in [0.1, 0.15) is 20.8 Å². The van der Waals surface area contributed by atoms with E-state index in [0.29, 0.717) is 6.29 Å². The van der Waals surface area contributed by atoms with Crippen LogP contribution in [0.3, 0.4) is 0 Å². The molecule has 4 N–H and O–H groups in total. The van der Waals surface area contributed by atoms with Crippen molar-refractivity contribution in [1.29, 1.82) is 0 Å². The number of carboxylic acids is 2. The van der Waals surface area contributed by atoms with Crippen LogP contribution < -0.4 is 19.3 Å². The molecule has 3 atom stereocenters. The number of aliphatic carboxylic acids is 2. The largest absolute Gasteiger partial charge is 0.546 e. The van der Waals surface area contributed by atoms with Crippen molar-refractivity contribution in [3.8, 4) is 68.7 Å². The summed E-state index contributed by atoms with van der Waals surface area (Å²) in [4.78, 5) is 46.3. The number of carboxylic acid groups (broad SMARTS) is 2. The molecule has 3 aromatic carbocycles. The van der Waals surface area contributed by atoms with Crippen LogP contribution >= 0.6 is 0 Å². The zero-order valence-corrected chi connectivity index (χ0v) is 23.5. The highest BCUT2D eigenvalue weighted by Gasteiger charge is 2.21. The fourth-order valence-electron chi connectivity index (χ4n) is 3.81. The highest BCUT2D eigenvalue weighted by molar-refractivity contribution is 5.75. The van der Waals surface area contributed by atoms with Gasteiger partial charge in [-0.05, 0) is 57.2 Å². The molecule has 1 heterocycles. The lowest BCUT2D eigenvalue weighted by Gasteiger charge is -2.16. The van der Waals surface area contributed by atoms with E-state index in [1.54, 1.807) is 0 Å². The lowest BCUT2D eigenvalue weighted by Crippen LogP contribution is -2.37. The van der Waals surface area contributed by atoms with Crippen LogP contribution in [-0.2, 0) is 14.4 Å². The minimum atomic E-state index is -1.45. The number of hydrogen-bond acceptors (Lipinski definition) is 13. The van der Waals surface area contributed by atoms with Crippen molar-refractivity contribution in [1.82, 2.24) is 15.0 Å². The van der Waals surface area contributed by atoms with Crippen LogP contribution in [0.15, 0.2) is 54.6 Å². The Hall–Kier alpha value is -5.92. The summed E-state index contributed by atoms with van der Waals surface area (Å²) in [7, 11) is 0. The number of aromatic nitrogens is 3. The van der Waals surface area contributed by atoms with Crippen LogP contribution in [0, 0.1) is 0 Å². The molecule has 14 nitrogen and oxygen atoms in total. The highest BCUT2D eigenvalue weighted by Crippen LogP contribution is 2.38. The summed E-state index contributed by atoms with van der Waals surface area (Å²) in [5.41, 5.74) is 0.252. The Morgan fingerprint density at radius 3 is 1.36 bits per heavy atom. The van der Waals surface area contributed by atoms with Crippen molar-refractivity contribution >= 4 is 18.2 Å². The van der Waals surface area contributed by atoms with E-state index in [4.69, 9.17) is 19.3 Å². The molecule has 0 saturated carbocycles. The van der Waals surface area contributed by atoms with Gasteiger partial charge in [0.05, 0.1) is 22.7 Å². The fraction of sp³-hybridized carbons (Fsp3) is 0.200. The third-order valence-electron chi connectivity index (χ3n) is 6.08.